The average molecular weight is 413 g/mol. The zero-order chi connectivity index (χ0) is 21.9. The molecule has 0 aromatic heterocycles. The summed E-state index contributed by atoms with van der Waals surface area (Å²) in [5, 5.41) is 11.7. The van der Waals surface area contributed by atoms with Crippen molar-refractivity contribution >= 4 is 17.5 Å². The van der Waals surface area contributed by atoms with E-state index in [4.69, 9.17) is 5.26 Å². The van der Waals surface area contributed by atoms with Gasteiger partial charge in [0.05, 0.1) is 5.56 Å². The summed E-state index contributed by atoms with van der Waals surface area (Å²) in [4.78, 5) is 26.0. The van der Waals surface area contributed by atoms with E-state index < -0.39 is 12.8 Å². The van der Waals surface area contributed by atoms with E-state index >= 15 is 0 Å². The topological polar surface area (TPSA) is 82.4 Å². The van der Waals surface area contributed by atoms with Gasteiger partial charge in [-0.15, -0.1) is 0 Å². The molecule has 0 unspecified atom stereocenters. The van der Waals surface area contributed by atoms with Crippen molar-refractivity contribution in [2.75, 3.05) is 25.0 Å². The summed E-state index contributed by atoms with van der Waals surface area (Å²) in [5.41, 5.74) is 0.160. The lowest BCUT2D eigenvalue weighted by Crippen LogP contribution is -2.32. The van der Waals surface area contributed by atoms with E-state index in [1.54, 1.807) is 11.0 Å². The van der Waals surface area contributed by atoms with E-state index in [-0.39, 0.29) is 41.7 Å². The van der Waals surface area contributed by atoms with Gasteiger partial charge in [-0.1, -0.05) is 13.8 Å². The molecule has 0 spiro atoms. The first-order valence-electron chi connectivity index (χ1n) is 9.51. The number of nitriles is 1. The Hall–Kier alpha value is -2.76. The Morgan fingerprint density at radius 1 is 1.17 bits per heavy atom. The predicted molar refractivity (Wildman–Crippen MR) is 102 cm³/mol. The maximum atomic E-state index is 12.2. The highest BCUT2D eigenvalue weighted by molar-refractivity contribution is 5.91. The van der Waals surface area contributed by atoms with E-state index in [9.17, 15) is 22.8 Å². The fourth-order valence-corrected chi connectivity index (χ4v) is 2.66. The van der Waals surface area contributed by atoms with E-state index in [1.165, 1.54) is 18.2 Å². The molecule has 9 heteroatoms. The summed E-state index contributed by atoms with van der Waals surface area (Å²) in [6.45, 7) is 3.88. The maximum Gasteiger partial charge on any atom is 0.422 e. The van der Waals surface area contributed by atoms with Gasteiger partial charge in [0.2, 0.25) is 11.8 Å². The fraction of sp³-hybridized carbons (Fsp3) is 0.550. The van der Waals surface area contributed by atoms with Gasteiger partial charge in [-0.2, -0.15) is 18.4 Å². The number of hydrogen-bond acceptors (Lipinski definition) is 4. The van der Waals surface area contributed by atoms with Crippen LogP contribution >= 0.6 is 0 Å². The molecule has 160 valence electrons. The second-order valence-electron chi connectivity index (χ2n) is 6.51. The third-order valence-corrected chi connectivity index (χ3v) is 3.91. The van der Waals surface area contributed by atoms with E-state index in [2.05, 4.69) is 10.1 Å². The summed E-state index contributed by atoms with van der Waals surface area (Å²) in [7, 11) is 0. The second-order valence-corrected chi connectivity index (χ2v) is 6.51. The monoisotopic (exact) mass is 413 g/mol. The number of anilines is 1. The highest BCUT2D eigenvalue weighted by Gasteiger charge is 2.28. The van der Waals surface area contributed by atoms with E-state index in [0.717, 1.165) is 12.8 Å². The minimum Gasteiger partial charge on any atom is -0.483 e. The molecule has 6 nitrogen and oxygen atoms in total. The lowest BCUT2D eigenvalue weighted by molar-refractivity contribution is -0.153. The van der Waals surface area contributed by atoms with Crippen LogP contribution in [0.4, 0.5) is 18.9 Å². The van der Waals surface area contributed by atoms with Gasteiger partial charge in [0.1, 0.15) is 11.8 Å². The number of halogens is 3. The number of hydrogen-bond donors (Lipinski definition) is 1. The standard InChI is InChI=1S/C20H26F3N3O3/c1-3-10-26(11-4-2)19(28)7-5-6-18(27)25-16-8-9-17(15(12-16)13-24)29-14-20(21,22)23/h8-9,12H,3-7,10-11,14H2,1-2H3,(H,25,27). The molecule has 1 aromatic carbocycles. The third kappa shape index (κ3) is 9.32. The van der Waals surface area contributed by atoms with Gasteiger partial charge in [0.25, 0.3) is 0 Å². The Morgan fingerprint density at radius 2 is 1.83 bits per heavy atom. The fourth-order valence-electron chi connectivity index (χ4n) is 2.66. The summed E-state index contributed by atoms with van der Waals surface area (Å²) in [5.74, 6) is -0.539. The summed E-state index contributed by atoms with van der Waals surface area (Å²) in [6, 6.07) is 5.56. The van der Waals surface area contributed by atoms with Crippen molar-refractivity contribution in [2.24, 2.45) is 0 Å². The van der Waals surface area contributed by atoms with Crippen molar-refractivity contribution < 1.29 is 27.5 Å². The van der Waals surface area contributed by atoms with Crippen molar-refractivity contribution in [3.8, 4) is 11.8 Å². The van der Waals surface area contributed by atoms with Crippen LogP contribution in [0.1, 0.15) is 51.5 Å². The summed E-state index contributed by atoms with van der Waals surface area (Å²) < 4.78 is 41.3. The van der Waals surface area contributed by atoms with Gasteiger partial charge in [-0.3, -0.25) is 9.59 Å². The van der Waals surface area contributed by atoms with Crippen molar-refractivity contribution in [1.29, 1.82) is 5.26 Å². The molecule has 0 aliphatic carbocycles. The third-order valence-electron chi connectivity index (χ3n) is 3.91. The molecule has 0 radical (unpaired) electrons. The number of alkyl halides is 3. The molecule has 0 aliphatic rings. The number of nitrogens with zero attached hydrogens (tertiary/aromatic N) is 2. The van der Waals surface area contributed by atoms with Crippen LogP contribution in [-0.4, -0.2) is 42.6 Å². The normalized spacial score (nSPS) is 10.9. The highest BCUT2D eigenvalue weighted by atomic mass is 19.4. The zero-order valence-electron chi connectivity index (χ0n) is 16.6. The molecule has 0 heterocycles. The van der Waals surface area contributed by atoms with E-state index in [1.807, 2.05) is 13.8 Å². The average Bonchev–Trinajstić information content (AvgIpc) is 2.65. The molecule has 0 aliphatic heterocycles. The molecule has 0 fully saturated rings. The highest BCUT2D eigenvalue weighted by Crippen LogP contribution is 2.25. The minimum atomic E-state index is -4.51. The first kappa shape index (κ1) is 24.3. The molecule has 0 saturated carbocycles. The first-order valence-corrected chi connectivity index (χ1v) is 9.51. The Balaban J connectivity index is 2.55. The summed E-state index contributed by atoms with van der Waals surface area (Å²) >= 11 is 0. The number of nitrogens with one attached hydrogen (secondary N) is 1. The molecular weight excluding hydrogens is 387 g/mol. The van der Waals surface area contributed by atoms with Gasteiger partial charge < -0.3 is 15.0 Å². The molecule has 1 rings (SSSR count). The number of carbonyl (C=O) groups excluding carboxylic acids is 2. The lowest BCUT2D eigenvalue weighted by atomic mass is 10.1. The van der Waals surface area contributed by atoms with Crippen molar-refractivity contribution in [2.45, 2.75) is 52.1 Å². The van der Waals surface area contributed by atoms with Crippen LogP contribution in [0.2, 0.25) is 0 Å². The molecule has 0 bridgehead atoms. The van der Waals surface area contributed by atoms with Crippen LogP contribution < -0.4 is 10.1 Å². The van der Waals surface area contributed by atoms with Crippen molar-refractivity contribution in [1.82, 2.24) is 4.90 Å². The molecule has 29 heavy (non-hydrogen) atoms. The molecule has 0 saturated heterocycles. The predicted octanol–water partition coefficient (Wildman–Crippen LogP) is 4.26. The number of amides is 2. The van der Waals surface area contributed by atoms with Crippen LogP contribution in [0.25, 0.3) is 0 Å². The minimum absolute atomic E-state index is 0.0134. The Morgan fingerprint density at radius 3 is 2.38 bits per heavy atom. The number of benzene rings is 1. The molecule has 1 N–H and O–H groups in total. The smallest absolute Gasteiger partial charge is 0.422 e. The van der Waals surface area contributed by atoms with Gasteiger partial charge in [0.15, 0.2) is 6.61 Å². The van der Waals surface area contributed by atoms with Crippen LogP contribution in [0.5, 0.6) is 5.75 Å². The van der Waals surface area contributed by atoms with E-state index in [0.29, 0.717) is 19.5 Å². The number of rotatable bonds is 11. The SMILES string of the molecule is CCCN(CCC)C(=O)CCCC(=O)Nc1ccc(OCC(F)(F)F)c(C#N)c1. The van der Waals surface area contributed by atoms with Gasteiger partial charge in [-0.05, 0) is 37.5 Å². The van der Waals surface area contributed by atoms with Crippen LogP contribution in [0, 0.1) is 11.3 Å². The maximum absolute atomic E-state index is 12.2. The summed E-state index contributed by atoms with van der Waals surface area (Å²) in [6.07, 6.45) is -2.01. The van der Waals surface area contributed by atoms with Crippen LogP contribution in [0.15, 0.2) is 18.2 Å². The second kappa shape index (κ2) is 11.9. The molecule has 2 amide bonds. The Bertz CT molecular complexity index is 724. The lowest BCUT2D eigenvalue weighted by Gasteiger charge is -2.21. The van der Waals surface area contributed by atoms with Crippen molar-refractivity contribution in [3.05, 3.63) is 23.8 Å². The molecule has 0 atom stereocenters. The first-order chi connectivity index (χ1) is 13.7. The quantitative estimate of drug-likeness (QED) is 0.588. The van der Waals surface area contributed by atoms with Gasteiger partial charge >= 0.3 is 6.18 Å². The zero-order valence-corrected chi connectivity index (χ0v) is 16.6. The van der Waals surface area contributed by atoms with Gasteiger partial charge in [0, 0.05) is 31.6 Å². The largest absolute Gasteiger partial charge is 0.483 e. The van der Waals surface area contributed by atoms with Crippen LogP contribution in [-0.2, 0) is 9.59 Å². The number of carbonyl (C=O) groups is 2. The van der Waals surface area contributed by atoms with Gasteiger partial charge in [-0.25, -0.2) is 0 Å². The molecule has 1 aromatic rings. The number of ether oxygens (including phenoxy) is 1. The van der Waals surface area contributed by atoms with Crippen molar-refractivity contribution in [3.63, 3.8) is 0 Å². The Kier molecular flexibility index (Phi) is 10.00. The molecular formula is C20H26F3N3O3. The Labute approximate surface area is 168 Å². The van der Waals surface area contributed by atoms with Crippen LogP contribution in [0.3, 0.4) is 0 Å².